The monoisotopic (exact) mass is 476 g/mol. The Balaban J connectivity index is 1.56. The Morgan fingerprint density at radius 1 is 0.912 bits per heavy atom. The minimum absolute atomic E-state index is 0.0584. The number of rotatable bonds is 8. The van der Waals surface area contributed by atoms with Gasteiger partial charge >= 0.3 is 0 Å². The van der Waals surface area contributed by atoms with Gasteiger partial charge in [0.25, 0.3) is 15.9 Å². The van der Waals surface area contributed by atoms with Crippen LogP contribution in [0.3, 0.4) is 0 Å². The standard InChI is InChI=1S/C26H24N2O5S/c1-28(22-11-6-7-12-23(22)32-2)34(30,31)21-16-14-20(15-17-21)26(29)27-25(24-13-8-18-33-24)19-9-4-3-5-10-19/h3-18,25H,1-2H3,(H,27,29)/t25-/m1/s1. The predicted octanol–water partition coefficient (Wildman–Crippen LogP) is 4.63. The van der Waals surface area contributed by atoms with Gasteiger partial charge in [0, 0.05) is 12.6 Å². The van der Waals surface area contributed by atoms with Crippen molar-refractivity contribution in [3.05, 3.63) is 114 Å². The topological polar surface area (TPSA) is 88.8 Å². The van der Waals surface area contributed by atoms with Gasteiger partial charge < -0.3 is 14.5 Å². The lowest BCUT2D eigenvalue weighted by molar-refractivity contribution is 0.0939. The van der Waals surface area contributed by atoms with Crippen molar-refractivity contribution in [3.63, 3.8) is 0 Å². The van der Waals surface area contributed by atoms with Crippen LogP contribution in [0.25, 0.3) is 0 Å². The number of nitrogens with one attached hydrogen (secondary N) is 1. The van der Waals surface area contributed by atoms with Crippen LogP contribution in [0.15, 0.2) is 107 Å². The second kappa shape index (κ2) is 9.84. The summed E-state index contributed by atoms with van der Waals surface area (Å²) in [5.41, 5.74) is 1.60. The Bertz CT molecular complexity index is 1350. The van der Waals surface area contributed by atoms with Gasteiger partial charge in [-0.15, -0.1) is 0 Å². The van der Waals surface area contributed by atoms with Gasteiger partial charge in [-0.05, 0) is 54.1 Å². The predicted molar refractivity (Wildman–Crippen MR) is 129 cm³/mol. The average Bonchev–Trinajstić information content (AvgIpc) is 3.42. The number of ether oxygens (including phenoxy) is 1. The number of anilines is 1. The molecule has 0 radical (unpaired) electrons. The largest absolute Gasteiger partial charge is 0.495 e. The zero-order chi connectivity index (χ0) is 24.1. The van der Waals surface area contributed by atoms with E-state index in [-0.39, 0.29) is 10.8 Å². The summed E-state index contributed by atoms with van der Waals surface area (Å²) in [5, 5.41) is 2.96. The minimum atomic E-state index is -3.86. The van der Waals surface area contributed by atoms with E-state index in [2.05, 4.69) is 5.32 Å². The maximum absolute atomic E-state index is 13.2. The number of amides is 1. The molecule has 0 aliphatic heterocycles. The van der Waals surface area contributed by atoms with Crippen LogP contribution in [0.5, 0.6) is 5.75 Å². The lowest BCUT2D eigenvalue weighted by Gasteiger charge is -2.22. The number of methoxy groups -OCH3 is 1. The highest BCUT2D eigenvalue weighted by molar-refractivity contribution is 7.92. The first-order valence-electron chi connectivity index (χ1n) is 10.5. The number of para-hydroxylation sites is 2. The van der Waals surface area contributed by atoms with Crippen LogP contribution >= 0.6 is 0 Å². The molecule has 4 aromatic rings. The molecule has 1 amide bonds. The van der Waals surface area contributed by atoms with Crippen LogP contribution in [-0.2, 0) is 10.0 Å². The van der Waals surface area contributed by atoms with Crippen LogP contribution in [0, 0.1) is 0 Å². The van der Waals surface area contributed by atoms with Gasteiger partial charge in [0.2, 0.25) is 0 Å². The van der Waals surface area contributed by atoms with E-state index in [1.807, 2.05) is 30.3 Å². The summed E-state index contributed by atoms with van der Waals surface area (Å²) in [6.45, 7) is 0. The fourth-order valence-corrected chi connectivity index (χ4v) is 4.80. The lowest BCUT2D eigenvalue weighted by Crippen LogP contribution is -2.29. The summed E-state index contributed by atoms with van der Waals surface area (Å²) in [6, 6.07) is 25.2. The Kier molecular flexibility index (Phi) is 6.70. The van der Waals surface area contributed by atoms with Gasteiger partial charge in [0.15, 0.2) is 0 Å². The molecule has 1 N–H and O–H groups in total. The molecule has 0 aliphatic rings. The Labute approximate surface area is 198 Å². The third kappa shape index (κ3) is 4.67. The minimum Gasteiger partial charge on any atom is -0.495 e. The van der Waals surface area contributed by atoms with Gasteiger partial charge in [0.1, 0.15) is 17.6 Å². The van der Waals surface area contributed by atoms with Crippen molar-refractivity contribution in [2.75, 3.05) is 18.5 Å². The molecule has 0 bridgehead atoms. The average molecular weight is 477 g/mol. The number of nitrogens with zero attached hydrogens (tertiary/aromatic N) is 1. The van der Waals surface area contributed by atoms with Crippen LogP contribution in [0.2, 0.25) is 0 Å². The Hall–Kier alpha value is -4.04. The number of sulfonamides is 1. The number of hydrogen-bond acceptors (Lipinski definition) is 5. The molecule has 174 valence electrons. The zero-order valence-corrected chi connectivity index (χ0v) is 19.5. The molecule has 0 fully saturated rings. The number of benzene rings is 3. The van der Waals surface area contributed by atoms with Crippen molar-refractivity contribution >= 4 is 21.6 Å². The molecule has 3 aromatic carbocycles. The van der Waals surface area contributed by atoms with Crippen molar-refractivity contribution < 1.29 is 22.4 Å². The molecule has 4 rings (SSSR count). The molecule has 0 saturated carbocycles. The first-order valence-corrected chi connectivity index (χ1v) is 12.0. The van der Waals surface area contributed by atoms with E-state index in [0.29, 0.717) is 22.8 Å². The van der Waals surface area contributed by atoms with E-state index >= 15 is 0 Å². The van der Waals surface area contributed by atoms with E-state index in [1.165, 1.54) is 38.4 Å². The maximum atomic E-state index is 13.2. The van der Waals surface area contributed by atoms with E-state index in [1.54, 1.807) is 42.7 Å². The summed E-state index contributed by atoms with van der Waals surface area (Å²) >= 11 is 0. The molecule has 1 heterocycles. The molecule has 8 heteroatoms. The van der Waals surface area contributed by atoms with E-state index < -0.39 is 16.1 Å². The van der Waals surface area contributed by atoms with Crippen molar-refractivity contribution in [3.8, 4) is 5.75 Å². The van der Waals surface area contributed by atoms with Gasteiger partial charge in [-0.2, -0.15) is 0 Å². The quantitative estimate of drug-likeness (QED) is 0.400. The first-order chi connectivity index (χ1) is 16.4. The third-order valence-electron chi connectivity index (χ3n) is 5.44. The number of carbonyl (C=O) groups excluding carboxylic acids is 1. The van der Waals surface area contributed by atoms with Gasteiger partial charge in [-0.25, -0.2) is 8.42 Å². The van der Waals surface area contributed by atoms with E-state index in [9.17, 15) is 13.2 Å². The zero-order valence-electron chi connectivity index (χ0n) is 18.7. The van der Waals surface area contributed by atoms with Crippen molar-refractivity contribution in [2.24, 2.45) is 0 Å². The summed E-state index contributed by atoms with van der Waals surface area (Å²) < 4.78 is 38.3. The molecule has 1 aromatic heterocycles. The fourth-order valence-electron chi connectivity index (χ4n) is 3.59. The molecule has 1 atom stereocenters. The molecule has 0 unspecified atom stereocenters. The number of furan rings is 1. The highest BCUT2D eigenvalue weighted by atomic mass is 32.2. The van der Waals surface area contributed by atoms with Crippen molar-refractivity contribution in [1.82, 2.24) is 5.32 Å². The third-order valence-corrected chi connectivity index (χ3v) is 7.22. The molecule has 0 saturated heterocycles. The highest BCUT2D eigenvalue weighted by Gasteiger charge is 2.25. The maximum Gasteiger partial charge on any atom is 0.264 e. The highest BCUT2D eigenvalue weighted by Crippen LogP contribution is 2.31. The number of carbonyl (C=O) groups is 1. The lowest BCUT2D eigenvalue weighted by atomic mass is 10.0. The molecular formula is C26H24N2O5S. The van der Waals surface area contributed by atoms with Gasteiger partial charge in [-0.1, -0.05) is 42.5 Å². The van der Waals surface area contributed by atoms with Crippen LogP contribution < -0.4 is 14.4 Å². The van der Waals surface area contributed by atoms with Crippen molar-refractivity contribution in [2.45, 2.75) is 10.9 Å². The molecule has 0 aliphatic carbocycles. The fraction of sp³-hybridized carbons (Fsp3) is 0.115. The molecule has 7 nitrogen and oxygen atoms in total. The van der Waals surface area contributed by atoms with E-state index in [0.717, 1.165) is 9.87 Å². The van der Waals surface area contributed by atoms with Crippen molar-refractivity contribution in [1.29, 1.82) is 0 Å². The van der Waals surface area contributed by atoms with Crippen LogP contribution in [0.4, 0.5) is 5.69 Å². The normalized spacial score (nSPS) is 12.1. The second-order valence-electron chi connectivity index (χ2n) is 7.50. The smallest absolute Gasteiger partial charge is 0.264 e. The summed E-state index contributed by atoms with van der Waals surface area (Å²) in [6.07, 6.45) is 1.55. The van der Waals surface area contributed by atoms with Crippen LogP contribution in [-0.4, -0.2) is 28.5 Å². The van der Waals surface area contributed by atoms with E-state index in [4.69, 9.17) is 9.15 Å². The second-order valence-corrected chi connectivity index (χ2v) is 9.47. The summed E-state index contributed by atoms with van der Waals surface area (Å²) in [7, 11) is -0.918. The Morgan fingerprint density at radius 3 is 2.24 bits per heavy atom. The Morgan fingerprint density at radius 2 is 1.59 bits per heavy atom. The molecule has 34 heavy (non-hydrogen) atoms. The number of hydrogen-bond donors (Lipinski definition) is 1. The van der Waals surface area contributed by atoms with Gasteiger partial charge in [0.05, 0.1) is 24.0 Å². The molecular weight excluding hydrogens is 452 g/mol. The van der Waals surface area contributed by atoms with Gasteiger partial charge in [-0.3, -0.25) is 9.10 Å². The van der Waals surface area contributed by atoms with Crippen LogP contribution in [0.1, 0.15) is 27.7 Å². The SMILES string of the molecule is COc1ccccc1N(C)S(=O)(=O)c1ccc(C(=O)N[C@H](c2ccccc2)c2ccco2)cc1. The summed E-state index contributed by atoms with van der Waals surface area (Å²) in [4.78, 5) is 13.1. The molecule has 0 spiro atoms. The summed E-state index contributed by atoms with van der Waals surface area (Å²) in [5.74, 6) is 0.680. The first kappa shape index (κ1) is 23.1.